The van der Waals surface area contributed by atoms with E-state index in [9.17, 15) is 0 Å². The van der Waals surface area contributed by atoms with Crippen molar-refractivity contribution < 1.29 is 4.42 Å². The Labute approximate surface area is 152 Å². The molecule has 2 heterocycles. The summed E-state index contributed by atoms with van der Waals surface area (Å²) in [6.07, 6.45) is 6.74. The lowest BCUT2D eigenvalue weighted by Gasteiger charge is -2.32. The van der Waals surface area contributed by atoms with Crippen LogP contribution in [0.4, 0.5) is 0 Å². The summed E-state index contributed by atoms with van der Waals surface area (Å²) in [4.78, 5) is 9.56. The summed E-state index contributed by atoms with van der Waals surface area (Å²) in [5, 5.41) is 6.79. The van der Waals surface area contributed by atoms with E-state index >= 15 is 0 Å². The van der Waals surface area contributed by atoms with Crippen LogP contribution in [0.5, 0.6) is 0 Å². The molecule has 6 heteroatoms. The predicted octanol–water partition coefficient (Wildman–Crippen LogP) is 2.31. The second-order valence-electron chi connectivity index (χ2n) is 6.93. The standard InChI is InChI=1S/C19H35N5O/c1-4-20-19(21-11-9-12-23(2)3)22-16-17(18-10-8-15-25-18)24-13-6-5-7-14-24/h8,10,15,17H,4-7,9,11-14,16H2,1-3H3,(H2,20,21,22). The summed E-state index contributed by atoms with van der Waals surface area (Å²) in [5.41, 5.74) is 0. The number of nitrogens with zero attached hydrogens (tertiary/aromatic N) is 3. The third-order valence-electron chi connectivity index (χ3n) is 4.54. The average Bonchev–Trinajstić information content (AvgIpc) is 3.14. The first-order valence-electron chi connectivity index (χ1n) is 9.65. The van der Waals surface area contributed by atoms with Gasteiger partial charge in [0.05, 0.1) is 18.8 Å². The molecule has 0 aromatic carbocycles. The molecule has 0 radical (unpaired) electrons. The van der Waals surface area contributed by atoms with Crippen LogP contribution < -0.4 is 10.6 Å². The van der Waals surface area contributed by atoms with Gasteiger partial charge >= 0.3 is 0 Å². The zero-order valence-corrected chi connectivity index (χ0v) is 16.1. The monoisotopic (exact) mass is 349 g/mol. The summed E-state index contributed by atoms with van der Waals surface area (Å²) >= 11 is 0. The minimum Gasteiger partial charge on any atom is -0.468 e. The van der Waals surface area contributed by atoms with E-state index in [1.807, 2.05) is 6.07 Å². The predicted molar refractivity (Wildman–Crippen MR) is 104 cm³/mol. The molecule has 25 heavy (non-hydrogen) atoms. The lowest BCUT2D eigenvalue weighted by atomic mass is 10.1. The number of guanidine groups is 1. The van der Waals surface area contributed by atoms with Crippen molar-refractivity contribution >= 4 is 5.96 Å². The van der Waals surface area contributed by atoms with E-state index in [0.717, 1.165) is 57.4 Å². The van der Waals surface area contributed by atoms with Gasteiger partial charge in [-0.05, 0) is 72.0 Å². The topological polar surface area (TPSA) is 56.0 Å². The Morgan fingerprint density at radius 3 is 2.72 bits per heavy atom. The molecule has 1 aromatic rings. The fourth-order valence-corrected chi connectivity index (χ4v) is 3.22. The Morgan fingerprint density at radius 2 is 2.08 bits per heavy atom. The summed E-state index contributed by atoms with van der Waals surface area (Å²) in [6, 6.07) is 4.28. The molecule has 1 saturated heterocycles. The quantitative estimate of drug-likeness (QED) is 0.407. The van der Waals surface area contributed by atoms with Crippen LogP contribution >= 0.6 is 0 Å². The first kappa shape index (κ1) is 19.8. The fourth-order valence-electron chi connectivity index (χ4n) is 3.22. The first-order chi connectivity index (χ1) is 12.2. The molecule has 2 N–H and O–H groups in total. The highest BCUT2D eigenvalue weighted by Gasteiger charge is 2.24. The van der Waals surface area contributed by atoms with Gasteiger partial charge in [-0.3, -0.25) is 9.89 Å². The molecular weight excluding hydrogens is 314 g/mol. The van der Waals surface area contributed by atoms with Crippen molar-refractivity contribution in [3.63, 3.8) is 0 Å². The Bertz CT molecular complexity index is 480. The molecule has 1 aliphatic heterocycles. The zero-order valence-electron chi connectivity index (χ0n) is 16.1. The normalized spacial score (nSPS) is 17.7. The SMILES string of the molecule is CCNC(=NCC(c1ccco1)N1CCCCC1)NCCCN(C)C. The Hall–Kier alpha value is -1.53. The molecule has 1 aromatic heterocycles. The maximum Gasteiger partial charge on any atom is 0.191 e. The van der Waals surface area contributed by atoms with Gasteiger partial charge in [-0.25, -0.2) is 0 Å². The number of furan rings is 1. The van der Waals surface area contributed by atoms with Crippen molar-refractivity contribution in [3.8, 4) is 0 Å². The minimum absolute atomic E-state index is 0.229. The van der Waals surface area contributed by atoms with Crippen molar-refractivity contribution in [2.75, 3.05) is 53.4 Å². The van der Waals surface area contributed by atoms with Gasteiger partial charge in [-0.2, -0.15) is 0 Å². The highest BCUT2D eigenvalue weighted by atomic mass is 16.3. The largest absolute Gasteiger partial charge is 0.468 e. The molecule has 1 aliphatic rings. The molecule has 0 bridgehead atoms. The van der Waals surface area contributed by atoms with Crippen LogP contribution in [0.1, 0.15) is 44.4 Å². The van der Waals surface area contributed by atoms with Crippen LogP contribution in [0, 0.1) is 0 Å². The fraction of sp³-hybridized carbons (Fsp3) is 0.737. The van der Waals surface area contributed by atoms with Crippen LogP contribution in [0.15, 0.2) is 27.8 Å². The van der Waals surface area contributed by atoms with Gasteiger partial charge in [0.1, 0.15) is 5.76 Å². The summed E-state index contributed by atoms with van der Waals surface area (Å²) in [6.45, 7) is 7.96. The smallest absolute Gasteiger partial charge is 0.191 e. The highest BCUT2D eigenvalue weighted by molar-refractivity contribution is 5.79. The van der Waals surface area contributed by atoms with E-state index in [4.69, 9.17) is 9.41 Å². The number of hydrogen-bond acceptors (Lipinski definition) is 4. The van der Waals surface area contributed by atoms with Gasteiger partial charge in [0, 0.05) is 13.1 Å². The van der Waals surface area contributed by atoms with E-state index in [1.165, 1.54) is 19.3 Å². The average molecular weight is 350 g/mol. The van der Waals surface area contributed by atoms with Gasteiger partial charge in [0.15, 0.2) is 5.96 Å². The molecule has 6 nitrogen and oxygen atoms in total. The van der Waals surface area contributed by atoms with E-state index in [-0.39, 0.29) is 6.04 Å². The lowest BCUT2D eigenvalue weighted by molar-refractivity contribution is 0.150. The zero-order chi connectivity index (χ0) is 17.9. The van der Waals surface area contributed by atoms with Crippen LogP contribution in [0.2, 0.25) is 0 Å². The van der Waals surface area contributed by atoms with Crippen molar-refractivity contribution in [3.05, 3.63) is 24.2 Å². The number of hydrogen-bond donors (Lipinski definition) is 2. The number of piperidine rings is 1. The van der Waals surface area contributed by atoms with Crippen LogP contribution in [-0.4, -0.2) is 69.1 Å². The molecular formula is C19H35N5O. The Kier molecular flexibility index (Phi) is 8.83. The molecule has 0 aliphatic carbocycles. The molecule has 2 rings (SSSR count). The van der Waals surface area contributed by atoms with E-state index in [1.54, 1.807) is 6.26 Å². The second kappa shape index (κ2) is 11.2. The minimum atomic E-state index is 0.229. The molecule has 0 saturated carbocycles. The van der Waals surface area contributed by atoms with E-state index in [2.05, 4.69) is 47.5 Å². The third-order valence-corrected chi connectivity index (χ3v) is 4.54. The van der Waals surface area contributed by atoms with Gasteiger partial charge < -0.3 is 20.0 Å². The van der Waals surface area contributed by atoms with Gasteiger partial charge in [0.25, 0.3) is 0 Å². The molecule has 142 valence electrons. The van der Waals surface area contributed by atoms with E-state index in [0.29, 0.717) is 0 Å². The molecule has 0 amide bonds. The van der Waals surface area contributed by atoms with Crippen LogP contribution in [-0.2, 0) is 0 Å². The summed E-state index contributed by atoms with van der Waals surface area (Å²) < 4.78 is 5.71. The third kappa shape index (κ3) is 7.08. The van der Waals surface area contributed by atoms with Crippen molar-refractivity contribution in [1.29, 1.82) is 0 Å². The van der Waals surface area contributed by atoms with Gasteiger partial charge in [-0.1, -0.05) is 6.42 Å². The number of nitrogens with one attached hydrogen (secondary N) is 2. The summed E-state index contributed by atoms with van der Waals surface area (Å²) in [5.74, 6) is 1.92. The van der Waals surface area contributed by atoms with Gasteiger partial charge in [-0.15, -0.1) is 0 Å². The maximum atomic E-state index is 5.71. The lowest BCUT2D eigenvalue weighted by Crippen LogP contribution is -2.40. The molecule has 0 spiro atoms. The molecule has 1 unspecified atom stereocenters. The second-order valence-corrected chi connectivity index (χ2v) is 6.93. The first-order valence-corrected chi connectivity index (χ1v) is 9.65. The maximum absolute atomic E-state index is 5.71. The molecule has 1 fully saturated rings. The Morgan fingerprint density at radius 1 is 1.28 bits per heavy atom. The van der Waals surface area contributed by atoms with Gasteiger partial charge in [0.2, 0.25) is 0 Å². The number of aliphatic imine (C=N–C) groups is 1. The van der Waals surface area contributed by atoms with Crippen LogP contribution in [0.25, 0.3) is 0 Å². The van der Waals surface area contributed by atoms with E-state index < -0.39 is 0 Å². The van der Waals surface area contributed by atoms with Crippen LogP contribution in [0.3, 0.4) is 0 Å². The number of likely N-dealkylation sites (tertiary alicyclic amines) is 1. The Balaban J connectivity index is 1.95. The highest BCUT2D eigenvalue weighted by Crippen LogP contribution is 2.25. The molecule has 1 atom stereocenters. The summed E-state index contributed by atoms with van der Waals surface area (Å²) in [7, 11) is 4.21. The van der Waals surface area contributed by atoms with Crippen molar-refractivity contribution in [2.24, 2.45) is 4.99 Å². The number of rotatable bonds is 9. The van der Waals surface area contributed by atoms with Crippen molar-refractivity contribution in [2.45, 2.75) is 38.6 Å². The van der Waals surface area contributed by atoms with Crippen molar-refractivity contribution in [1.82, 2.24) is 20.4 Å².